The SMILES string of the molecule is CCN(c1ccc(C(=O)O)cc1)c1ccc2c(c1)C(C)(C)C(O)CC2(C)C. The Kier molecular flexibility index (Phi) is 4.81. The molecule has 0 saturated carbocycles. The highest BCUT2D eigenvalue weighted by Gasteiger charge is 2.43. The number of benzene rings is 2. The first-order valence-corrected chi connectivity index (χ1v) is 9.52. The zero-order chi connectivity index (χ0) is 20.0. The smallest absolute Gasteiger partial charge is 0.335 e. The molecule has 1 unspecified atom stereocenters. The van der Waals surface area contributed by atoms with Crippen molar-refractivity contribution in [2.45, 2.75) is 58.0 Å². The molecule has 1 aliphatic rings. The molecule has 1 aliphatic carbocycles. The molecular formula is C23H29NO3. The van der Waals surface area contributed by atoms with Crippen LogP contribution in [0.4, 0.5) is 11.4 Å². The lowest BCUT2D eigenvalue weighted by molar-refractivity contribution is 0.0583. The van der Waals surface area contributed by atoms with Gasteiger partial charge in [-0.05, 0) is 66.3 Å². The number of rotatable bonds is 4. The van der Waals surface area contributed by atoms with Crippen LogP contribution in [0.3, 0.4) is 0 Å². The number of anilines is 2. The van der Waals surface area contributed by atoms with Gasteiger partial charge >= 0.3 is 5.97 Å². The van der Waals surface area contributed by atoms with Gasteiger partial charge < -0.3 is 15.1 Å². The lowest BCUT2D eigenvalue weighted by atomic mass is 9.61. The van der Waals surface area contributed by atoms with Gasteiger partial charge in [-0.25, -0.2) is 4.79 Å². The summed E-state index contributed by atoms with van der Waals surface area (Å²) in [6, 6.07) is 13.5. The predicted octanol–water partition coefficient (Wildman–Crippen LogP) is 4.86. The molecule has 2 aromatic rings. The maximum absolute atomic E-state index is 11.1. The van der Waals surface area contributed by atoms with Crippen LogP contribution >= 0.6 is 0 Å². The number of hydrogen-bond donors (Lipinski definition) is 2. The third kappa shape index (κ3) is 3.34. The molecule has 0 bridgehead atoms. The largest absolute Gasteiger partial charge is 0.478 e. The topological polar surface area (TPSA) is 60.8 Å². The van der Waals surface area contributed by atoms with Crippen molar-refractivity contribution in [1.29, 1.82) is 0 Å². The first-order chi connectivity index (χ1) is 12.6. The molecule has 27 heavy (non-hydrogen) atoms. The molecule has 0 radical (unpaired) electrons. The van der Waals surface area contributed by atoms with E-state index in [9.17, 15) is 9.90 Å². The van der Waals surface area contributed by atoms with E-state index in [1.165, 1.54) is 11.1 Å². The van der Waals surface area contributed by atoms with Crippen LogP contribution in [0.1, 0.15) is 62.5 Å². The third-order valence-electron chi connectivity index (χ3n) is 6.02. The monoisotopic (exact) mass is 367 g/mol. The maximum atomic E-state index is 11.1. The normalized spacial score (nSPS) is 20.0. The van der Waals surface area contributed by atoms with E-state index in [4.69, 9.17) is 5.11 Å². The van der Waals surface area contributed by atoms with E-state index < -0.39 is 5.97 Å². The van der Waals surface area contributed by atoms with Crippen LogP contribution in [-0.4, -0.2) is 28.8 Å². The van der Waals surface area contributed by atoms with Crippen molar-refractivity contribution in [3.8, 4) is 0 Å². The van der Waals surface area contributed by atoms with Gasteiger partial charge in [0.25, 0.3) is 0 Å². The van der Waals surface area contributed by atoms with E-state index in [0.29, 0.717) is 0 Å². The van der Waals surface area contributed by atoms with Crippen LogP contribution in [0.15, 0.2) is 42.5 Å². The number of nitrogens with zero attached hydrogens (tertiary/aromatic N) is 1. The average molecular weight is 367 g/mol. The predicted molar refractivity (Wildman–Crippen MR) is 109 cm³/mol. The van der Waals surface area contributed by atoms with E-state index in [-0.39, 0.29) is 22.5 Å². The number of aliphatic hydroxyl groups is 1. The Bertz CT molecular complexity index is 852. The number of aromatic carboxylic acids is 1. The minimum absolute atomic E-state index is 0.0665. The number of fused-ring (bicyclic) bond motifs is 1. The summed E-state index contributed by atoms with van der Waals surface area (Å²) >= 11 is 0. The highest BCUT2D eigenvalue weighted by molar-refractivity contribution is 5.88. The average Bonchev–Trinajstić information content (AvgIpc) is 2.61. The number of carbonyl (C=O) groups is 1. The van der Waals surface area contributed by atoms with Gasteiger partial charge in [-0.1, -0.05) is 33.8 Å². The Labute approximate surface area is 161 Å². The van der Waals surface area contributed by atoms with Crippen LogP contribution in [0.2, 0.25) is 0 Å². The highest BCUT2D eigenvalue weighted by atomic mass is 16.4. The van der Waals surface area contributed by atoms with Gasteiger partial charge in [0.1, 0.15) is 0 Å². The molecule has 0 heterocycles. The van der Waals surface area contributed by atoms with Crippen molar-refractivity contribution in [1.82, 2.24) is 0 Å². The van der Waals surface area contributed by atoms with Crippen molar-refractivity contribution in [2.24, 2.45) is 0 Å². The van der Waals surface area contributed by atoms with Gasteiger partial charge in [0.15, 0.2) is 0 Å². The van der Waals surface area contributed by atoms with Crippen LogP contribution in [-0.2, 0) is 10.8 Å². The number of hydrogen-bond acceptors (Lipinski definition) is 3. The van der Waals surface area contributed by atoms with Crippen LogP contribution < -0.4 is 4.90 Å². The molecule has 2 N–H and O–H groups in total. The molecule has 0 amide bonds. The van der Waals surface area contributed by atoms with E-state index in [2.05, 4.69) is 57.7 Å². The zero-order valence-corrected chi connectivity index (χ0v) is 16.8. The zero-order valence-electron chi connectivity index (χ0n) is 16.8. The Balaban J connectivity index is 2.06. The Morgan fingerprint density at radius 2 is 1.63 bits per heavy atom. The molecule has 4 heteroatoms. The maximum Gasteiger partial charge on any atom is 0.335 e. The lowest BCUT2D eigenvalue weighted by Crippen LogP contribution is -2.45. The molecule has 144 valence electrons. The molecule has 0 aliphatic heterocycles. The standard InChI is InChI=1S/C23H29NO3/c1-6-24(16-9-7-15(8-10-16)21(26)27)17-11-12-18-19(13-17)23(4,5)20(25)14-22(18,2)3/h7-13,20,25H,6,14H2,1-5H3,(H,26,27). The summed E-state index contributed by atoms with van der Waals surface area (Å²) < 4.78 is 0. The summed E-state index contributed by atoms with van der Waals surface area (Å²) in [5, 5.41) is 19.9. The van der Waals surface area contributed by atoms with Gasteiger partial charge in [0.2, 0.25) is 0 Å². The molecule has 1 atom stereocenters. The quantitative estimate of drug-likeness (QED) is 0.810. The fourth-order valence-electron chi connectivity index (χ4n) is 4.15. The molecule has 3 rings (SSSR count). The van der Waals surface area contributed by atoms with E-state index in [1.807, 2.05) is 12.1 Å². The summed E-state index contributed by atoms with van der Waals surface area (Å²) in [6.45, 7) is 11.4. The summed E-state index contributed by atoms with van der Waals surface area (Å²) in [5.41, 5.74) is 4.39. The molecule has 0 saturated heterocycles. The van der Waals surface area contributed by atoms with Crippen molar-refractivity contribution >= 4 is 17.3 Å². The van der Waals surface area contributed by atoms with Crippen LogP contribution in [0.5, 0.6) is 0 Å². The molecule has 0 spiro atoms. The van der Waals surface area contributed by atoms with Gasteiger partial charge in [-0.3, -0.25) is 0 Å². The Morgan fingerprint density at radius 1 is 1.04 bits per heavy atom. The fourth-order valence-corrected chi connectivity index (χ4v) is 4.15. The van der Waals surface area contributed by atoms with Gasteiger partial charge in [0, 0.05) is 23.3 Å². The second kappa shape index (κ2) is 6.68. The van der Waals surface area contributed by atoms with Crippen molar-refractivity contribution in [3.63, 3.8) is 0 Å². The number of carboxylic acids is 1. The van der Waals surface area contributed by atoms with E-state index in [0.717, 1.165) is 24.3 Å². The summed E-state index contributed by atoms with van der Waals surface area (Å²) in [7, 11) is 0. The second-order valence-electron chi connectivity index (χ2n) is 8.65. The molecule has 0 aromatic heterocycles. The van der Waals surface area contributed by atoms with Crippen molar-refractivity contribution < 1.29 is 15.0 Å². The molecule has 4 nitrogen and oxygen atoms in total. The lowest BCUT2D eigenvalue weighted by Gasteiger charge is -2.45. The van der Waals surface area contributed by atoms with E-state index >= 15 is 0 Å². The summed E-state index contributed by atoms with van der Waals surface area (Å²) in [5.74, 6) is -0.920. The van der Waals surface area contributed by atoms with Crippen molar-refractivity contribution in [2.75, 3.05) is 11.4 Å². The highest BCUT2D eigenvalue weighted by Crippen LogP contribution is 2.47. The Hall–Kier alpha value is -2.33. The first-order valence-electron chi connectivity index (χ1n) is 9.52. The minimum Gasteiger partial charge on any atom is -0.478 e. The molecule has 0 fully saturated rings. The molecule has 2 aromatic carbocycles. The minimum atomic E-state index is -0.920. The van der Waals surface area contributed by atoms with Crippen LogP contribution in [0, 0.1) is 0 Å². The third-order valence-corrected chi connectivity index (χ3v) is 6.02. The number of aliphatic hydroxyl groups excluding tert-OH is 1. The molecular weight excluding hydrogens is 338 g/mol. The first kappa shape index (κ1) is 19.4. The second-order valence-corrected chi connectivity index (χ2v) is 8.65. The van der Waals surface area contributed by atoms with Gasteiger partial charge in [-0.2, -0.15) is 0 Å². The number of carboxylic acid groups (broad SMARTS) is 1. The van der Waals surface area contributed by atoms with E-state index in [1.54, 1.807) is 12.1 Å². The summed E-state index contributed by atoms with van der Waals surface area (Å²) in [4.78, 5) is 13.3. The van der Waals surface area contributed by atoms with Crippen LogP contribution in [0.25, 0.3) is 0 Å². The van der Waals surface area contributed by atoms with Gasteiger partial charge in [-0.15, -0.1) is 0 Å². The van der Waals surface area contributed by atoms with Crippen molar-refractivity contribution in [3.05, 3.63) is 59.2 Å². The summed E-state index contributed by atoms with van der Waals surface area (Å²) in [6.07, 6.45) is 0.362. The van der Waals surface area contributed by atoms with Gasteiger partial charge in [0.05, 0.1) is 11.7 Å². The fraction of sp³-hybridized carbons (Fsp3) is 0.435. The Morgan fingerprint density at radius 3 is 2.19 bits per heavy atom.